The number of hydrogen-bond acceptors (Lipinski definition) is 1. The lowest BCUT2D eigenvalue weighted by Crippen LogP contribution is -2.23. The normalized spacial score (nSPS) is 11.2. The second kappa shape index (κ2) is 9.99. The fourth-order valence-electron chi connectivity index (χ4n) is 2.66. The van der Waals surface area contributed by atoms with Crippen LogP contribution in [0, 0.1) is 0 Å². The maximum absolute atomic E-state index is 3.49. The maximum Gasteiger partial charge on any atom is 0.00103 e. The molecule has 0 unspecified atom stereocenters. The van der Waals surface area contributed by atoms with Crippen LogP contribution in [-0.2, 0) is 19.3 Å². The van der Waals surface area contributed by atoms with Crippen LogP contribution in [0.1, 0.15) is 70.1 Å². The van der Waals surface area contributed by atoms with Crippen LogP contribution in [0.25, 0.3) is 0 Å². The van der Waals surface area contributed by atoms with Crippen LogP contribution in [0.4, 0.5) is 0 Å². The fourth-order valence-corrected chi connectivity index (χ4v) is 2.66. The van der Waals surface area contributed by atoms with Crippen LogP contribution in [0.5, 0.6) is 0 Å². The van der Waals surface area contributed by atoms with Crippen molar-refractivity contribution in [2.45, 2.75) is 78.7 Å². The largest absolute Gasteiger partial charge is 0.315 e. The van der Waals surface area contributed by atoms with Crippen LogP contribution in [0.15, 0.2) is 18.2 Å². The molecule has 0 heterocycles. The molecule has 0 aliphatic carbocycles. The van der Waals surface area contributed by atoms with E-state index in [-0.39, 0.29) is 0 Å². The molecule has 0 aromatic heterocycles. The lowest BCUT2D eigenvalue weighted by atomic mass is 9.96. The standard InChI is InChI=1S/C19H33N/c1-5-17-12-13-18(6-2)19(15-17)11-9-7-8-10-14-20-16(3)4/h12-13,15-16,20H,5-11,14H2,1-4H3. The molecule has 0 radical (unpaired) electrons. The van der Waals surface area contributed by atoms with Crippen molar-refractivity contribution in [2.75, 3.05) is 6.54 Å². The van der Waals surface area contributed by atoms with Crippen molar-refractivity contribution in [3.8, 4) is 0 Å². The highest BCUT2D eigenvalue weighted by Crippen LogP contribution is 2.17. The quantitative estimate of drug-likeness (QED) is 0.598. The van der Waals surface area contributed by atoms with Crippen LogP contribution < -0.4 is 5.32 Å². The smallest absolute Gasteiger partial charge is 0.00103 e. The average molecular weight is 275 g/mol. The molecule has 0 bridgehead atoms. The molecule has 20 heavy (non-hydrogen) atoms. The van der Waals surface area contributed by atoms with Crippen molar-refractivity contribution < 1.29 is 0 Å². The summed E-state index contributed by atoms with van der Waals surface area (Å²) in [5.41, 5.74) is 4.62. The second-order valence-electron chi connectivity index (χ2n) is 6.08. The molecule has 1 rings (SSSR count). The minimum absolute atomic E-state index is 0.624. The van der Waals surface area contributed by atoms with E-state index in [9.17, 15) is 0 Å². The number of aryl methyl sites for hydroxylation is 3. The van der Waals surface area contributed by atoms with Gasteiger partial charge in [-0.15, -0.1) is 0 Å². The minimum atomic E-state index is 0.624. The van der Waals surface area contributed by atoms with Crippen LogP contribution in [-0.4, -0.2) is 12.6 Å². The fraction of sp³-hybridized carbons (Fsp3) is 0.684. The Kier molecular flexibility index (Phi) is 8.60. The van der Waals surface area contributed by atoms with Crippen molar-refractivity contribution in [1.82, 2.24) is 5.32 Å². The Morgan fingerprint density at radius 2 is 1.65 bits per heavy atom. The maximum atomic E-state index is 3.49. The second-order valence-corrected chi connectivity index (χ2v) is 6.08. The van der Waals surface area contributed by atoms with Crippen molar-refractivity contribution in [3.63, 3.8) is 0 Å². The molecule has 1 aromatic rings. The van der Waals surface area contributed by atoms with Crippen LogP contribution in [0.3, 0.4) is 0 Å². The number of nitrogens with one attached hydrogen (secondary N) is 1. The first-order chi connectivity index (χ1) is 9.67. The van der Waals surface area contributed by atoms with Gasteiger partial charge in [-0.2, -0.15) is 0 Å². The first kappa shape index (κ1) is 17.2. The Bertz CT molecular complexity index is 368. The molecular formula is C19H33N. The molecule has 0 saturated heterocycles. The topological polar surface area (TPSA) is 12.0 Å². The lowest BCUT2D eigenvalue weighted by molar-refractivity contribution is 0.541. The Morgan fingerprint density at radius 1 is 0.900 bits per heavy atom. The van der Waals surface area contributed by atoms with Crippen molar-refractivity contribution >= 4 is 0 Å². The summed E-state index contributed by atoms with van der Waals surface area (Å²) in [5, 5.41) is 3.49. The number of rotatable bonds is 10. The number of unbranched alkanes of at least 4 members (excludes halogenated alkanes) is 3. The molecule has 114 valence electrons. The van der Waals surface area contributed by atoms with Gasteiger partial charge in [-0.05, 0) is 55.3 Å². The van der Waals surface area contributed by atoms with Crippen molar-refractivity contribution in [1.29, 1.82) is 0 Å². The molecule has 0 saturated carbocycles. The average Bonchev–Trinajstić information content (AvgIpc) is 2.45. The molecule has 1 N–H and O–H groups in total. The van der Waals surface area contributed by atoms with Crippen molar-refractivity contribution in [3.05, 3.63) is 34.9 Å². The summed E-state index contributed by atoms with van der Waals surface area (Å²) in [7, 11) is 0. The highest BCUT2D eigenvalue weighted by molar-refractivity contribution is 5.32. The predicted molar refractivity (Wildman–Crippen MR) is 90.5 cm³/mol. The first-order valence-electron chi connectivity index (χ1n) is 8.51. The van der Waals surface area contributed by atoms with E-state index >= 15 is 0 Å². The summed E-state index contributed by atoms with van der Waals surface area (Å²) in [6.07, 6.45) is 8.94. The zero-order valence-corrected chi connectivity index (χ0v) is 14.0. The zero-order chi connectivity index (χ0) is 14.8. The van der Waals surface area contributed by atoms with Gasteiger partial charge in [0.05, 0.1) is 0 Å². The van der Waals surface area contributed by atoms with E-state index in [4.69, 9.17) is 0 Å². The summed E-state index contributed by atoms with van der Waals surface area (Å²) >= 11 is 0. The van der Waals surface area contributed by atoms with Gasteiger partial charge in [-0.25, -0.2) is 0 Å². The summed E-state index contributed by atoms with van der Waals surface area (Å²) in [4.78, 5) is 0. The molecule has 0 fully saturated rings. The molecule has 1 heteroatoms. The monoisotopic (exact) mass is 275 g/mol. The van der Waals surface area contributed by atoms with Gasteiger partial charge in [-0.1, -0.05) is 58.7 Å². The first-order valence-corrected chi connectivity index (χ1v) is 8.51. The van der Waals surface area contributed by atoms with Crippen molar-refractivity contribution in [2.24, 2.45) is 0 Å². The molecule has 0 atom stereocenters. The Morgan fingerprint density at radius 3 is 2.30 bits per heavy atom. The van der Waals surface area contributed by atoms with E-state index in [2.05, 4.69) is 51.2 Å². The number of benzene rings is 1. The Hall–Kier alpha value is -0.820. The highest BCUT2D eigenvalue weighted by atomic mass is 14.9. The molecule has 1 nitrogen and oxygen atoms in total. The summed E-state index contributed by atoms with van der Waals surface area (Å²) < 4.78 is 0. The van der Waals surface area contributed by atoms with Gasteiger partial charge in [0, 0.05) is 6.04 Å². The Labute approximate surface area is 126 Å². The van der Waals surface area contributed by atoms with Gasteiger partial charge in [0.2, 0.25) is 0 Å². The van der Waals surface area contributed by atoms with E-state index < -0.39 is 0 Å². The van der Waals surface area contributed by atoms with E-state index in [0.29, 0.717) is 6.04 Å². The Balaban J connectivity index is 2.27. The third-order valence-electron chi connectivity index (χ3n) is 3.99. The molecule has 0 aliphatic heterocycles. The molecule has 0 amide bonds. The molecule has 0 aliphatic rings. The summed E-state index contributed by atoms with van der Waals surface area (Å²) in [5.74, 6) is 0. The lowest BCUT2D eigenvalue weighted by Gasteiger charge is -2.10. The third kappa shape index (κ3) is 6.56. The van der Waals surface area contributed by atoms with Crippen LogP contribution >= 0.6 is 0 Å². The van der Waals surface area contributed by atoms with E-state index in [1.54, 1.807) is 11.1 Å². The third-order valence-corrected chi connectivity index (χ3v) is 3.99. The number of hydrogen-bond donors (Lipinski definition) is 1. The van der Waals surface area contributed by atoms with Gasteiger partial charge >= 0.3 is 0 Å². The molecule has 0 spiro atoms. The minimum Gasteiger partial charge on any atom is -0.315 e. The van der Waals surface area contributed by atoms with Gasteiger partial charge in [0.1, 0.15) is 0 Å². The molecular weight excluding hydrogens is 242 g/mol. The van der Waals surface area contributed by atoms with E-state index in [1.165, 1.54) is 44.2 Å². The SMILES string of the molecule is CCc1ccc(CC)c(CCCCCCNC(C)C)c1. The van der Waals surface area contributed by atoms with Gasteiger partial charge in [0.15, 0.2) is 0 Å². The van der Waals surface area contributed by atoms with Gasteiger partial charge in [-0.3, -0.25) is 0 Å². The summed E-state index contributed by atoms with van der Waals surface area (Å²) in [6, 6.07) is 7.68. The van der Waals surface area contributed by atoms with Gasteiger partial charge < -0.3 is 5.32 Å². The molecule has 1 aromatic carbocycles. The van der Waals surface area contributed by atoms with Gasteiger partial charge in [0.25, 0.3) is 0 Å². The predicted octanol–water partition coefficient (Wildman–Crippen LogP) is 4.91. The van der Waals surface area contributed by atoms with Crippen LogP contribution in [0.2, 0.25) is 0 Å². The zero-order valence-electron chi connectivity index (χ0n) is 14.0. The van der Waals surface area contributed by atoms with E-state index in [1.807, 2.05) is 0 Å². The summed E-state index contributed by atoms with van der Waals surface area (Å²) in [6.45, 7) is 10.1. The van der Waals surface area contributed by atoms with E-state index in [0.717, 1.165) is 12.8 Å². The highest BCUT2D eigenvalue weighted by Gasteiger charge is 2.02.